The smallest absolute Gasteiger partial charge is 0.137 e. The summed E-state index contributed by atoms with van der Waals surface area (Å²) in [6.45, 7) is 2.69. The fourth-order valence-electron chi connectivity index (χ4n) is 2.01. The van der Waals surface area contributed by atoms with E-state index in [2.05, 4.69) is 23.3 Å². The van der Waals surface area contributed by atoms with Crippen LogP contribution >= 0.6 is 11.8 Å². The Morgan fingerprint density at radius 1 is 1.15 bits per heavy atom. The molecule has 4 heteroatoms. The summed E-state index contributed by atoms with van der Waals surface area (Å²) in [6.07, 6.45) is 4.10. The van der Waals surface area contributed by atoms with Gasteiger partial charge in [-0.25, -0.2) is 4.98 Å². The van der Waals surface area contributed by atoms with E-state index >= 15 is 0 Å². The molecule has 3 nitrogen and oxygen atoms in total. The quantitative estimate of drug-likeness (QED) is 0.662. The second kappa shape index (κ2) is 6.01. The van der Waals surface area contributed by atoms with Crippen LogP contribution in [0.2, 0.25) is 0 Å². The Hall–Kier alpha value is -1.94. The average Bonchev–Trinajstić information content (AvgIpc) is 2.90. The van der Waals surface area contributed by atoms with Crippen LogP contribution in [0.1, 0.15) is 12.6 Å². The summed E-state index contributed by atoms with van der Waals surface area (Å²) >= 11 is 1.78. The zero-order valence-electron chi connectivity index (χ0n) is 11.3. The minimum atomic E-state index is 0.702. The van der Waals surface area contributed by atoms with Crippen LogP contribution in [-0.2, 0) is 5.75 Å². The lowest BCUT2D eigenvalue weighted by Gasteiger charge is -2.04. The first-order chi connectivity index (χ1) is 9.85. The normalized spacial score (nSPS) is 10.8. The number of benzene rings is 1. The van der Waals surface area contributed by atoms with Crippen LogP contribution in [0.25, 0.3) is 5.65 Å². The first-order valence-corrected chi connectivity index (χ1v) is 7.62. The summed E-state index contributed by atoms with van der Waals surface area (Å²) in [5.41, 5.74) is 2.09. The van der Waals surface area contributed by atoms with Crippen LogP contribution in [0.5, 0.6) is 5.75 Å². The lowest BCUT2D eigenvalue weighted by Crippen LogP contribution is -1.90. The molecule has 102 valence electrons. The lowest BCUT2D eigenvalue weighted by molar-refractivity contribution is 0.340. The zero-order chi connectivity index (χ0) is 13.8. The van der Waals surface area contributed by atoms with Crippen molar-refractivity contribution in [1.82, 2.24) is 9.38 Å². The van der Waals surface area contributed by atoms with E-state index in [4.69, 9.17) is 4.74 Å². The van der Waals surface area contributed by atoms with Gasteiger partial charge in [0.25, 0.3) is 0 Å². The highest BCUT2D eigenvalue weighted by Gasteiger charge is 2.02. The molecule has 0 atom stereocenters. The Bertz CT molecular complexity index is 658. The molecule has 0 aliphatic heterocycles. The Labute approximate surface area is 122 Å². The second-order valence-corrected chi connectivity index (χ2v) is 5.44. The highest BCUT2D eigenvalue weighted by atomic mass is 32.2. The number of thioether (sulfide) groups is 1. The van der Waals surface area contributed by atoms with Crippen molar-refractivity contribution in [2.45, 2.75) is 17.6 Å². The Balaban J connectivity index is 1.66. The van der Waals surface area contributed by atoms with Crippen molar-refractivity contribution in [3.8, 4) is 5.75 Å². The summed E-state index contributed by atoms with van der Waals surface area (Å²) < 4.78 is 7.49. The summed E-state index contributed by atoms with van der Waals surface area (Å²) in [5.74, 6) is 1.79. The van der Waals surface area contributed by atoms with E-state index in [-0.39, 0.29) is 0 Å². The minimum absolute atomic E-state index is 0.702. The number of fused-ring (bicyclic) bond motifs is 1. The molecular formula is C16H16N2OS. The summed E-state index contributed by atoms with van der Waals surface area (Å²) in [4.78, 5) is 5.82. The number of aromatic nitrogens is 2. The van der Waals surface area contributed by atoms with Crippen LogP contribution in [0, 0.1) is 0 Å². The van der Waals surface area contributed by atoms with E-state index in [1.165, 1.54) is 4.90 Å². The molecule has 0 saturated carbocycles. The largest absolute Gasteiger partial charge is 0.494 e. The van der Waals surface area contributed by atoms with E-state index < -0.39 is 0 Å². The summed E-state index contributed by atoms with van der Waals surface area (Å²) in [6, 6.07) is 14.2. The molecule has 0 aliphatic carbocycles. The molecule has 0 aliphatic rings. The highest BCUT2D eigenvalue weighted by molar-refractivity contribution is 7.98. The predicted octanol–water partition coefficient (Wildman–Crippen LogP) is 4.03. The van der Waals surface area contributed by atoms with Crippen molar-refractivity contribution in [1.29, 1.82) is 0 Å². The molecule has 0 unspecified atom stereocenters. The lowest BCUT2D eigenvalue weighted by atomic mass is 10.3. The Kier molecular flexibility index (Phi) is 3.92. The van der Waals surface area contributed by atoms with Gasteiger partial charge in [0, 0.05) is 23.0 Å². The van der Waals surface area contributed by atoms with E-state index in [0.29, 0.717) is 6.61 Å². The van der Waals surface area contributed by atoms with Crippen LogP contribution in [-0.4, -0.2) is 16.0 Å². The third-order valence-corrected chi connectivity index (χ3v) is 3.98. The van der Waals surface area contributed by atoms with Gasteiger partial charge in [-0.1, -0.05) is 6.07 Å². The van der Waals surface area contributed by atoms with Crippen LogP contribution in [0.3, 0.4) is 0 Å². The molecule has 0 fully saturated rings. The molecule has 0 amide bonds. The standard InChI is InChI=1S/C16H16N2OS/c1-2-19-14-6-8-15(9-7-14)20-12-13-11-18-10-4-3-5-16(18)17-13/h3-11H,2,12H2,1H3. The fourth-order valence-corrected chi connectivity index (χ4v) is 2.79. The van der Waals surface area contributed by atoms with Crippen molar-refractivity contribution >= 4 is 17.4 Å². The predicted molar refractivity (Wildman–Crippen MR) is 82.4 cm³/mol. The fraction of sp³-hybridized carbons (Fsp3) is 0.188. The zero-order valence-corrected chi connectivity index (χ0v) is 12.1. The van der Waals surface area contributed by atoms with Gasteiger partial charge in [0.2, 0.25) is 0 Å². The first kappa shape index (κ1) is 13.1. The van der Waals surface area contributed by atoms with E-state index in [1.807, 2.05) is 47.9 Å². The minimum Gasteiger partial charge on any atom is -0.494 e. The summed E-state index contributed by atoms with van der Waals surface area (Å²) in [5, 5.41) is 0. The number of imidazole rings is 1. The third-order valence-electron chi connectivity index (χ3n) is 2.94. The molecule has 2 aromatic heterocycles. The maximum Gasteiger partial charge on any atom is 0.137 e. The number of ether oxygens (including phenoxy) is 1. The molecule has 3 aromatic rings. The molecule has 0 bridgehead atoms. The first-order valence-electron chi connectivity index (χ1n) is 6.63. The molecule has 1 aromatic carbocycles. The molecular weight excluding hydrogens is 268 g/mol. The van der Waals surface area contributed by atoms with Gasteiger partial charge in [-0.05, 0) is 43.3 Å². The number of rotatable bonds is 5. The Morgan fingerprint density at radius 3 is 2.75 bits per heavy atom. The van der Waals surface area contributed by atoms with Gasteiger partial charge in [0.15, 0.2) is 0 Å². The topological polar surface area (TPSA) is 26.5 Å². The highest BCUT2D eigenvalue weighted by Crippen LogP contribution is 2.24. The number of hydrogen-bond donors (Lipinski definition) is 0. The number of pyridine rings is 1. The second-order valence-electron chi connectivity index (χ2n) is 4.39. The van der Waals surface area contributed by atoms with Crippen LogP contribution < -0.4 is 4.74 Å². The molecule has 0 radical (unpaired) electrons. The van der Waals surface area contributed by atoms with Crippen molar-refractivity contribution < 1.29 is 4.74 Å². The third kappa shape index (κ3) is 2.96. The Morgan fingerprint density at radius 2 is 2.00 bits per heavy atom. The monoisotopic (exact) mass is 284 g/mol. The van der Waals surface area contributed by atoms with Crippen molar-refractivity contribution in [2.75, 3.05) is 6.61 Å². The van der Waals surface area contributed by atoms with Gasteiger partial charge in [0.05, 0.1) is 12.3 Å². The molecule has 0 spiro atoms. The molecule has 2 heterocycles. The van der Waals surface area contributed by atoms with Gasteiger partial charge in [-0.2, -0.15) is 0 Å². The maximum atomic E-state index is 5.44. The molecule has 20 heavy (non-hydrogen) atoms. The van der Waals surface area contributed by atoms with E-state index in [0.717, 1.165) is 22.8 Å². The van der Waals surface area contributed by atoms with Crippen molar-refractivity contribution in [3.05, 3.63) is 60.6 Å². The van der Waals surface area contributed by atoms with E-state index in [1.54, 1.807) is 11.8 Å². The number of hydrogen-bond acceptors (Lipinski definition) is 3. The van der Waals surface area contributed by atoms with Crippen molar-refractivity contribution in [2.24, 2.45) is 0 Å². The van der Waals surface area contributed by atoms with Gasteiger partial charge >= 0.3 is 0 Å². The molecule has 0 saturated heterocycles. The van der Waals surface area contributed by atoms with Gasteiger partial charge in [-0.15, -0.1) is 11.8 Å². The van der Waals surface area contributed by atoms with Gasteiger partial charge < -0.3 is 9.14 Å². The molecule has 0 N–H and O–H groups in total. The van der Waals surface area contributed by atoms with E-state index in [9.17, 15) is 0 Å². The van der Waals surface area contributed by atoms with Crippen LogP contribution in [0.4, 0.5) is 0 Å². The van der Waals surface area contributed by atoms with Crippen molar-refractivity contribution in [3.63, 3.8) is 0 Å². The van der Waals surface area contributed by atoms with Gasteiger partial charge in [-0.3, -0.25) is 0 Å². The summed E-state index contributed by atoms with van der Waals surface area (Å²) in [7, 11) is 0. The van der Waals surface area contributed by atoms with Gasteiger partial charge in [0.1, 0.15) is 11.4 Å². The number of nitrogens with zero attached hydrogens (tertiary/aromatic N) is 2. The average molecular weight is 284 g/mol. The van der Waals surface area contributed by atoms with Crippen LogP contribution in [0.15, 0.2) is 59.8 Å². The SMILES string of the molecule is CCOc1ccc(SCc2cn3ccccc3n2)cc1. The maximum absolute atomic E-state index is 5.44. The molecule has 3 rings (SSSR count).